The number of anilines is 1. The van der Waals surface area contributed by atoms with Crippen LogP contribution in [0.3, 0.4) is 0 Å². The molecule has 1 aromatic heterocycles. The van der Waals surface area contributed by atoms with E-state index >= 15 is 0 Å². The minimum absolute atomic E-state index is 0.179. The molecule has 1 aromatic carbocycles. The highest BCUT2D eigenvalue weighted by Gasteiger charge is 2.41. The second-order valence-corrected chi connectivity index (χ2v) is 5.65. The van der Waals surface area contributed by atoms with Crippen molar-refractivity contribution in [1.82, 2.24) is 15.2 Å². The summed E-state index contributed by atoms with van der Waals surface area (Å²) in [4.78, 5) is 29.8. The van der Waals surface area contributed by atoms with Gasteiger partial charge in [-0.05, 0) is 18.6 Å². The summed E-state index contributed by atoms with van der Waals surface area (Å²) in [5, 5.41) is 6.51. The number of nitrogens with zero attached hydrogens (tertiary/aromatic N) is 3. The molecule has 3 rings (SSSR count). The minimum Gasteiger partial charge on any atom is -0.274 e. The number of carbonyl (C=O) groups is 2. The lowest BCUT2D eigenvalue weighted by atomic mass is 10.2. The molecule has 1 atom stereocenters. The Morgan fingerprint density at radius 2 is 2.15 bits per heavy atom. The maximum atomic E-state index is 12.4. The van der Waals surface area contributed by atoms with Crippen LogP contribution in [0.2, 0.25) is 0 Å². The van der Waals surface area contributed by atoms with Crippen molar-refractivity contribution in [2.24, 2.45) is 0 Å². The van der Waals surface area contributed by atoms with E-state index in [9.17, 15) is 9.59 Å². The molecule has 1 aliphatic rings. The first-order valence-corrected chi connectivity index (χ1v) is 6.99. The summed E-state index contributed by atoms with van der Waals surface area (Å²) in [6, 6.07) is 7.36. The van der Waals surface area contributed by atoms with Crippen LogP contribution in [0, 0.1) is 6.92 Å². The highest BCUT2D eigenvalue weighted by molar-refractivity contribution is 8.00. The average molecular weight is 288 g/mol. The van der Waals surface area contributed by atoms with Crippen LogP contribution >= 0.6 is 11.8 Å². The first-order chi connectivity index (χ1) is 9.66. The molecule has 1 fully saturated rings. The molecule has 0 radical (unpaired) electrons. The zero-order valence-electron chi connectivity index (χ0n) is 10.7. The molecule has 2 amide bonds. The van der Waals surface area contributed by atoms with Gasteiger partial charge in [0, 0.05) is 6.42 Å². The van der Waals surface area contributed by atoms with Crippen LogP contribution in [-0.4, -0.2) is 32.2 Å². The molecular formula is C13H12N4O2S. The summed E-state index contributed by atoms with van der Waals surface area (Å²) >= 11 is 1.23. The fraction of sp³-hybridized carbons (Fsp3) is 0.231. The van der Waals surface area contributed by atoms with E-state index in [1.807, 2.05) is 25.1 Å². The summed E-state index contributed by atoms with van der Waals surface area (Å²) < 4.78 is 0. The molecule has 1 unspecified atom stereocenters. The Bertz CT molecular complexity index is 656. The van der Waals surface area contributed by atoms with Crippen molar-refractivity contribution in [3.05, 3.63) is 36.2 Å². The molecule has 0 bridgehead atoms. The van der Waals surface area contributed by atoms with Crippen molar-refractivity contribution in [2.75, 3.05) is 4.90 Å². The number of aromatic nitrogens is 3. The zero-order chi connectivity index (χ0) is 14.1. The van der Waals surface area contributed by atoms with Crippen LogP contribution in [0.15, 0.2) is 35.7 Å². The fourth-order valence-corrected chi connectivity index (χ4v) is 3.06. The Labute approximate surface area is 119 Å². The van der Waals surface area contributed by atoms with Crippen LogP contribution in [0.25, 0.3) is 0 Å². The second kappa shape index (κ2) is 5.09. The van der Waals surface area contributed by atoms with Crippen molar-refractivity contribution in [3.63, 3.8) is 0 Å². The largest absolute Gasteiger partial charge is 0.274 e. The number of hydrogen-bond donors (Lipinski definition) is 1. The van der Waals surface area contributed by atoms with Crippen LogP contribution in [0.1, 0.15) is 12.0 Å². The van der Waals surface area contributed by atoms with E-state index in [1.54, 1.807) is 6.07 Å². The second-order valence-electron chi connectivity index (χ2n) is 4.46. The van der Waals surface area contributed by atoms with Gasteiger partial charge in [0.15, 0.2) is 5.16 Å². The predicted molar refractivity (Wildman–Crippen MR) is 74.3 cm³/mol. The van der Waals surface area contributed by atoms with E-state index in [0.29, 0.717) is 10.8 Å². The summed E-state index contributed by atoms with van der Waals surface area (Å²) in [6.07, 6.45) is 1.56. The number of nitrogens with one attached hydrogen (secondary N) is 1. The Morgan fingerprint density at radius 1 is 1.35 bits per heavy atom. The van der Waals surface area contributed by atoms with Gasteiger partial charge in [0.25, 0.3) is 0 Å². The van der Waals surface area contributed by atoms with Crippen LogP contribution in [0.4, 0.5) is 5.69 Å². The van der Waals surface area contributed by atoms with Gasteiger partial charge in [-0.2, -0.15) is 5.10 Å². The van der Waals surface area contributed by atoms with Gasteiger partial charge in [-0.1, -0.05) is 30.0 Å². The SMILES string of the molecule is Cc1ccccc1N1C(=O)CC(Sc2ncn[nH]2)C1=O. The third-order valence-corrected chi connectivity index (χ3v) is 4.18. The number of hydrogen-bond acceptors (Lipinski definition) is 5. The topological polar surface area (TPSA) is 79.0 Å². The highest BCUT2D eigenvalue weighted by Crippen LogP contribution is 2.33. The standard InChI is InChI=1S/C13H12N4O2S/c1-8-4-2-3-5-9(8)17-11(18)6-10(12(17)19)20-13-14-7-15-16-13/h2-5,7,10H,6H2,1H3,(H,14,15,16). The quantitative estimate of drug-likeness (QED) is 0.867. The highest BCUT2D eigenvalue weighted by atomic mass is 32.2. The number of thioether (sulfide) groups is 1. The molecule has 1 N–H and O–H groups in total. The van der Waals surface area contributed by atoms with Crippen molar-refractivity contribution >= 4 is 29.3 Å². The first kappa shape index (κ1) is 12.9. The number of aryl methyl sites for hydroxylation is 1. The van der Waals surface area contributed by atoms with Crippen molar-refractivity contribution < 1.29 is 9.59 Å². The molecule has 0 spiro atoms. The lowest BCUT2D eigenvalue weighted by Crippen LogP contribution is -2.31. The van der Waals surface area contributed by atoms with E-state index in [4.69, 9.17) is 0 Å². The normalized spacial score (nSPS) is 18.9. The van der Waals surface area contributed by atoms with E-state index in [0.717, 1.165) is 5.56 Å². The Balaban J connectivity index is 1.86. The lowest BCUT2D eigenvalue weighted by Gasteiger charge is -2.16. The minimum atomic E-state index is -0.449. The summed E-state index contributed by atoms with van der Waals surface area (Å²) in [6.45, 7) is 1.88. The van der Waals surface area contributed by atoms with Crippen molar-refractivity contribution in [3.8, 4) is 0 Å². The Hall–Kier alpha value is -2.15. The van der Waals surface area contributed by atoms with E-state index in [1.165, 1.54) is 23.0 Å². The fourth-order valence-electron chi connectivity index (χ4n) is 2.15. The van der Waals surface area contributed by atoms with E-state index in [-0.39, 0.29) is 18.2 Å². The Morgan fingerprint density at radius 3 is 2.85 bits per heavy atom. The van der Waals surface area contributed by atoms with Gasteiger partial charge >= 0.3 is 0 Å². The van der Waals surface area contributed by atoms with E-state index in [2.05, 4.69) is 15.2 Å². The lowest BCUT2D eigenvalue weighted by molar-refractivity contribution is -0.121. The van der Waals surface area contributed by atoms with E-state index < -0.39 is 5.25 Å². The predicted octanol–water partition coefficient (Wildman–Crippen LogP) is 1.54. The van der Waals surface area contributed by atoms with Gasteiger partial charge in [0.05, 0.1) is 5.69 Å². The van der Waals surface area contributed by atoms with Gasteiger partial charge in [-0.15, -0.1) is 0 Å². The number of rotatable bonds is 3. The van der Waals surface area contributed by atoms with Crippen LogP contribution < -0.4 is 4.90 Å². The molecule has 102 valence electrons. The molecule has 1 aliphatic heterocycles. The molecule has 0 saturated carbocycles. The molecule has 7 heteroatoms. The van der Waals surface area contributed by atoms with Crippen molar-refractivity contribution in [2.45, 2.75) is 23.8 Å². The number of carbonyl (C=O) groups excluding carboxylic acids is 2. The first-order valence-electron chi connectivity index (χ1n) is 6.11. The number of benzene rings is 1. The molecule has 20 heavy (non-hydrogen) atoms. The van der Waals surface area contributed by atoms with Crippen LogP contribution in [0.5, 0.6) is 0 Å². The molecular weight excluding hydrogens is 276 g/mol. The Kier molecular flexibility index (Phi) is 3.27. The smallest absolute Gasteiger partial charge is 0.247 e. The molecule has 2 aromatic rings. The molecule has 6 nitrogen and oxygen atoms in total. The van der Waals surface area contributed by atoms with Gasteiger partial charge < -0.3 is 0 Å². The van der Waals surface area contributed by atoms with Gasteiger partial charge in [-0.3, -0.25) is 14.7 Å². The maximum absolute atomic E-state index is 12.4. The number of H-pyrrole nitrogens is 1. The summed E-state index contributed by atoms with van der Waals surface area (Å²) in [7, 11) is 0. The maximum Gasteiger partial charge on any atom is 0.247 e. The molecule has 0 aliphatic carbocycles. The third kappa shape index (κ3) is 2.20. The van der Waals surface area contributed by atoms with Gasteiger partial charge in [-0.25, -0.2) is 9.88 Å². The molecule has 2 heterocycles. The number of amides is 2. The van der Waals surface area contributed by atoms with Crippen LogP contribution in [-0.2, 0) is 9.59 Å². The van der Waals surface area contributed by atoms with Crippen molar-refractivity contribution in [1.29, 1.82) is 0 Å². The summed E-state index contributed by atoms with van der Waals surface area (Å²) in [5.41, 5.74) is 1.56. The summed E-state index contributed by atoms with van der Waals surface area (Å²) in [5.74, 6) is -0.382. The number of aromatic amines is 1. The average Bonchev–Trinajstić information content (AvgIpc) is 3.01. The zero-order valence-corrected chi connectivity index (χ0v) is 11.6. The van der Waals surface area contributed by atoms with Gasteiger partial charge in [0.1, 0.15) is 11.6 Å². The number of para-hydroxylation sites is 1. The third-order valence-electron chi connectivity index (χ3n) is 3.11. The van der Waals surface area contributed by atoms with Gasteiger partial charge in [0.2, 0.25) is 11.8 Å². The number of imide groups is 1. The monoisotopic (exact) mass is 288 g/mol. The molecule has 1 saturated heterocycles.